The molecular formula is C22H20ClNO5. The van der Waals surface area contributed by atoms with Gasteiger partial charge in [0, 0.05) is 35.3 Å². The van der Waals surface area contributed by atoms with Gasteiger partial charge in [-0.15, -0.1) is 0 Å². The van der Waals surface area contributed by atoms with Crippen molar-refractivity contribution in [3.8, 4) is 11.5 Å². The van der Waals surface area contributed by atoms with Gasteiger partial charge in [-0.1, -0.05) is 11.6 Å². The number of methoxy groups -OCH3 is 1. The van der Waals surface area contributed by atoms with Crippen LogP contribution in [0.3, 0.4) is 0 Å². The summed E-state index contributed by atoms with van der Waals surface area (Å²) >= 11 is 6.51. The van der Waals surface area contributed by atoms with Gasteiger partial charge in [0.2, 0.25) is 6.79 Å². The molecule has 1 aromatic carbocycles. The first-order valence-electron chi connectivity index (χ1n) is 9.71. The molecule has 7 heteroatoms. The van der Waals surface area contributed by atoms with E-state index >= 15 is 0 Å². The molecule has 2 aliphatic carbocycles. The molecule has 0 fully saturated rings. The monoisotopic (exact) mass is 413 g/mol. The number of halogens is 1. The van der Waals surface area contributed by atoms with Crippen LogP contribution in [-0.2, 0) is 28.9 Å². The number of esters is 1. The van der Waals surface area contributed by atoms with Gasteiger partial charge in [0.1, 0.15) is 0 Å². The molecule has 2 aromatic rings. The SMILES string of the molecule is COC(=O)C1=Cc2c(c3c(n2Cc2cc4c(cc2Cl)OCO4)C(=O)CCC3)CC1. The molecule has 0 bridgehead atoms. The second-order valence-corrected chi connectivity index (χ2v) is 7.92. The van der Waals surface area contributed by atoms with Gasteiger partial charge in [-0.2, -0.15) is 0 Å². The van der Waals surface area contributed by atoms with Crippen LogP contribution in [-0.4, -0.2) is 30.2 Å². The Bertz CT molecular complexity index is 1080. The Labute approximate surface area is 173 Å². The summed E-state index contributed by atoms with van der Waals surface area (Å²) in [6.07, 6.45) is 5.51. The molecule has 5 rings (SSSR count). The summed E-state index contributed by atoms with van der Waals surface area (Å²) in [7, 11) is 1.39. The molecule has 0 spiro atoms. The lowest BCUT2D eigenvalue weighted by Gasteiger charge is -2.17. The zero-order chi connectivity index (χ0) is 20.1. The number of ether oxygens (including phenoxy) is 3. The fraction of sp³-hybridized carbons (Fsp3) is 0.364. The number of ketones is 1. The molecule has 0 saturated heterocycles. The molecule has 0 unspecified atom stereocenters. The average molecular weight is 414 g/mol. The molecule has 1 aromatic heterocycles. The molecule has 1 aliphatic heterocycles. The summed E-state index contributed by atoms with van der Waals surface area (Å²) in [4.78, 5) is 25.0. The molecule has 0 amide bonds. The summed E-state index contributed by atoms with van der Waals surface area (Å²) in [5, 5.41) is 0.557. The number of aromatic nitrogens is 1. The van der Waals surface area contributed by atoms with E-state index in [-0.39, 0.29) is 18.5 Å². The van der Waals surface area contributed by atoms with Crippen molar-refractivity contribution in [3.05, 3.63) is 50.8 Å². The van der Waals surface area contributed by atoms with Crippen LogP contribution in [0, 0.1) is 0 Å². The summed E-state index contributed by atoms with van der Waals surface area (Å²) in [5.41, 5.74) is 5.41. The quantitative estimate of drug-likeness (QED) is 0.713. The van der Waals surface area contributed by atoms with Crippen LogP contribution in [0.2, 0.25) is 5.02 Å². The Balaban J connectivity index is 1.65. The van der Waals surface area contributed by atoms with Gasteiger partial charge in [-0.25, -0.2) is 4.79 Å². The van der Waals surface area contributed by atoms with E-state index < -0.39 is 0 Å². The molecule has 0 radical (unpaired) electrons. The Hall–Kier alpha value is -2.73. The fourth-order valence-electron chi connectivity index (χ4n) is 4.52. The molecule has 0 saturated carbocycles. The van der Waals surface area contributed by atoms with Gasteiger partial charge in [-0.05, 0) is 54.5 Å². The highest BCUT2D eigenvalue weighted by Gasteiger charge is 2.32. The molecular weight excluding hydrogens is 394 g/mol. The van der Waals surface area contributed by atoms with Crippen LogP contribution < -0.4 is 9.47 Å². The maximum absolute atomic E-state index is 12.8. The molecule has 0 atom stereocenters. The maximum atomic E-state index is 12.8. The van der Waals surface area contributed by atoms with E-state index in [0.29, 0.717) is 41.5 Å². The molecule has 0 N–H and O–H groups in total. The second kappa shape index (κ2) is 6.95. The van der Waals surface area contributed by atoms with E-state index in [1.807, 2.05) is 16.7 Å². The molecule has 150 valence electrons. The van der Waals surface area contributed by atoms with E-state index in [0.717, 1.165) is 47.3 Å². The Morgan fingerprint density at radius 1 is 1.14 bits per heavy atom. The number of nitrogens with zero attached hydrogens (tertiary/aromatic N) is 1. The van der Waals surface area contributed by atoms with Gasteiger partial charge < -0.3 is 18.8 Å². The standard InChI is InChI=1S/C22H20ClNO5/c1-27-22(26)12-5-6-14-15-3-2-4-18(25)21(15)24(17(14)7-12)10-13-8-19-20(9-16(13)23)29-11-28-19/h7-9H,2-6,10-11H2,1H3. The summed E-state index contributed by atoms with van der Waals surface area (Å²) in [6.45, 7) is 0.594. The third kappa shape index (κ3) is 2.94. The summed E-state index contributed by atoms with van der Waals surface area (Å²) < 4.78 is 17.8. The molecule has 6 nitrogen and oxygen atoms in total. The van der Waals surface area contributed by atoms with Crippen LogP contribution in [0.5, 0.6) is 11.5 Å². The van der Waals surface area contributed by atoms with Gasteiger partial charge in [0.15, 0.2) is 17.3 Å². The highest BCUT2D eigenvalue weighted by atomic mass is 35.5. The Morgan fingerprint density at radius 3 is 2.72 bits per heavy atom. The smallest absolute Gasteiger partial charge is 0.333 e. The van der Waals surface area contributed by atoms with Crippen LogP contribution in [0.15, 0.2) is 17.7 Å². The number of carbonyl (C=O) groups excluding carboxylic acids is 2. The zero-order valence-electron chi connectivity index (χ0n) is 16.0. The first kappa shape index (κ1) is 18.3. The lowest BCUT2D eigenvalue weighted by Crippen LogP contribution is -2.17. The van der Waals surface area contributed by atoms with E-state index in [4.69, 9.17) is 25.8 Å². The third-order valence-corrected chi connectivity index (χ3v) is 6.24. The zero-order valence-corrected chi connectivity index (χ0v) is 16.8. The van der Waals surface area contributed by atoms with Gasteiger partial charge in [0.05, 0.1) is 12.8 Å². The minimum Gasteiger partial charge on any atom is -0.466 e. The van der Waals surface area contributed by atoms with Crippen molar-refractivity contribution in [3.63, 3.8) is 0 Å². The fourth-order valence-corrected chi connectivity index (χ4v) is 4.74. The van der Waals surface area contributed by atoms with Crippen molar-refractivity contribution in [2.45, 2.75) is 38.6 Å². The van der Waals surface area contributed by atoms with Gasteiger partial charge in [0.25, 0.3) is 0 Å². The number of rotatable bonds is 3. The third-order valence-electron chi connectivity index (χ3n) is 5.89. The van der Waals surface area contributed by atoms with Gasteiger partial charge in [-0.3, -0.25) is 4.79 Å². The second-order valence-electron chi connectivity index (χ2n) is 7.51. The minimum absolute atomic E-state index is 0.144. The van der Waals surface area contributed by atoms with Crippen molar-refractivity contribution in [1.29, 1.82) is 0 Å². The topological polar surface area (TPSA) is 66.8 Å². The molecule has 2 heterocycles. The predicted molar refractivity (Wildman–Crippen MR) is 107 cm³/mol. The highest BCUT2D eigenvalue weighted by molar-refractivity contribution is 6.31. The maximum Gasteiger partial charge on any atom is 0.333 e. The van der Waals surface area contributed by atoms with Crippen LogP contribution in [0.25, 0.3) is 6.08 Å². The van der Waals surface area contributed by atoms with E-state index in [2.05, 4.69) is 0 Å². The normalized spacial score (nSPS) is 16.9. The van der Waals surface area contributed by atoms with Crippen molar-refractivity contribution in [2.75, 3.05) is 13.9 Å². The highest BCUT2D eigenvalue weighted by Crippen LogP contribution is 2.40. The Morgan fingerprint density at radius 2 is 1.93 bits per heavy atom. The van der Waals surface area contributed by atoms with Crippen molar-refractivity contribution in [2.24, 2.45) is 0 Å². The lowest BCUT2D eigenvalue weighted by atomic mass is 9.89. The molecule has 29 heavy (non-hydrogen) atoms. The minimum atomic E-state index is -0.325. The van der Waals surface area contributed by atoms with E-state index in [1.165, 1.54) is 7.11 Å². The van der Waals surface area contributed by atoms with E-state index in [1.54, 1.807) is 6.07 Å². The van der Waals surface area contributed by atoms with Crippen LogP contribution in [0.1, 0.15) is 52.1 Å². The number of fused-ring (bicyclic) bond motifs is 4. The van der Waals surface area contributed by atoms with Gasteiger partial charge >= 0.3 is 5.97 Å². The predicted octanol–water partition coefficient (Wildman–Crippen LogP) is 3.94. The average Bonchev–Trinajstić information content (AvgIpc) is 3.30. The largest absolute Gasteiger partial charge is 0.466 e. The first-order chi connectivity index (χ1) is 14.1. The summed E-state index contributed by atoms with van der Waals surface area (Å²) in [6, 6.07) is 3.61. The lowest BCUT2D eigenvalue weighted by molar-refractivity contribution is -0.136. The van der Waals surface area contributed by atoms with Crippen LogP contribution >= 0.6 is 11.6 Å². The number of Topliss-reactive ketones (excluding diaryl/α,β-unsaturated/α-hetero) is 1. The van der Waals surface area contributed by atoms with Crippen molar-refractivity contribution in [1.82, 2.24) is 4.57 Å². The molecule has 3 aliphatic rings. The number of hydrogen-bond acceptors (Lipinski definition) is 5. The van der Waals surface area contributed by atoms with Crippen molar-refractivity contribution < 1.29 is 23.8 Å². The Kier molecular flexibility index (Phi) is 4.39. The van der Waals surface area contributed by atoms with E-state index in [9.17, 15) is 9.59 Å². The number of hydrogen-bond donors (Lipinski definition) is 0. The van der Waals surface area contributed by atoms with Crippen molar-refractivity contribution >= 4 is 29.4 Å². The number of carbonyl (C=O) groups is 2. The first-order valence-corrected chi connectivity index (χ1v) is 10.1. The van der Waals surface area contributed by atoms with Crippen LogP contribution in [0.4, 0.5) is 0 Å². The summed E-state index contributed by atoms with van der Waals surface area (Å²) in [5.74, 6) is 1.09. The number of benzene rings is 1.